The van der Waals surface area contributed by atoms with E-state index in [4.69, 9.17) is 9.47 Å². The van der Waals surface area contributed by atoms with Gasteiger partial charge in [0.2, 0.25) is 5.91 Å². The molecular weight excluding hydrogens is 390 g/mol. The molecule has 0 spiro atoms. The van der Waals surface area contributed by atoms with Crippen LogP contribution >= 0.6 is 0 Å². The molecule has 2 N–H and O–H groups in total. The lowest BCUT2D eigenvalue weighted by atomic mass is 10.2. The number of carbonyl (C=O) groups excluding carboxylic acids is 4. The lowest BCUT2D eigenvalue weighted by Gasteiger charge is -2.22. The summed E-state index contributed by atoms with van der Waals surface area (Å²) in [6.07, 6.45) is -1.06. The van der Waals surface area contributed by atoms with Gasteiger partial charge in [0.05, 0.1) is 18.7 Å². The minimum atomic E-state index is -1.18. The van der Waals surface area contributed by atoms with Crippen LogP contribution in [0.15, 0.2) is 54.6 Å². The van der Waals surface area contributed by atoms with Gasteiger partial charge >= 0.3 is 5.97 Å². The summed E-state index contributed by atoms with van der Waals surface area (Å²) in [4.78, 5) is 50.0. The molecule has 30 heavy (non-hydrogen) atoms. The van der Waals surface area contributed by atoms with Crippen molar-refractivity contribution in [2.24, 2.45) is 0 Å². The van der Waals surface area contributed by atoms with Gasteiger partial charge in [-0.15, -0.1) is 0 Å². The van der Waals surface area contributed by atoms with Gasteiger partial charge in [-0.25, -0.2) is 0 Å². The summed E-state index contributed by atoms with van der Waals surface area (Å²) < 4.78 is 10.6. The van der Waals surface area contributed by atoms with Gasteiger partial charge in [0, 0.05) is 5.56 Å². The number of amides is 3. The maximum Gasteiger partial charge on any atom is 0.326 e. The molecule has 0 unspecified atom stereocenters. The van der Waals surface area contributed by atoms with Crippen LogP contribution in [0.2, 0.25) is 0 Å². The zero-order valence-corrected chi connectivity index (χ0v) is 16.3. The molecule has 1 atom stereocenters. The Morgan fingerprint density at radius 1 is 1.07 bits per heavy atom. The first-order valence-corrected chi connectivity index (χ1v) is 9.32. The van der Waals surface area contributed by atoms with Crippen LogP contribution in [0.1, 0.15) is 23.7 Å². The predicted octanol–water partition coefficient (Wildman–Crippen LogP) is 1.20. The fourth-order valence-electron chi connectivity index (χ4n) is 2.79. The van der Waals surface area contributed by atoms with Crippen molar-refractivity contribution in [3.05, 3.63) is 60.2 Å². The largest absolute Gasteiger partial charge is 0.491 e. The van der Waals surface area contributed by atoms with Gasteiger partial charge in [0.15, 0.2) is 6.10 Å². The summed E-state index contributed by atoms with van der Waals surface area (Å²) in [5.74, 6) is -1.78. The van der Waals surface area contributed by atoms with E-state index in [-0.39, 0.29) is 25.5 Å². The first-order chi connectivity index (χ1) is 14.5. The van der Waals surface area contributed by atoms with Crippen molar-refractivity contribution in [1.82, 2.24) is 10.9 Å². The van der Waals surface area contributed by atoms with Crippen molar-refractivity contribution in [3.63, 3.8) is 0 Å². The number of hydrogen-bond acceptors (Lipinski definition) is 6. The SMILES string of the molecule is C[C@@H](OC(=O)CN1C(=O)CCOc2ccccc21)C(=O)NNC(=O)c1ccccc1. The van der Waals surface area contributed by atoms with Crippen molar-refractivity contribution in [2.45, 2.75) is 19.4 Å². The maximum atomic E-state index is 12.4. The number of nitrogens with zero attached hydrogens (tertiary/aromatic N) is 1. The first-order valence-electron chi connectivity index (χ1n) is 9.32. The molecule has 1 aliphatic heterocycles. The van der Waals surface area contributed by atoms with Crippen LogP contribution in [-0.4, -0.2) is 42.9 Å². The third-order valence-electron chi connectivity index (χ3n) is 4.33. The number of para-hydroxylation sites is 2. The summed E-state index contributed by atoms with van der Waals surface area (Å²) in [5.41, 5.74) is 5.29. The van der Waals surface area contributed by atoms with Crippen LogP contribution in [0.25, 0.3) is 0 Å². The molecule has 0 radical (unpaired) electrons. The van der Waals surface area contributed by atoms with Crippen LogP contribution in [0, 0.1) is 0 Å². The molecule has 0 bridgehead atoms. The van der Waals surface area contributed by atoms with Gasteiger partial charge in [-0.05, 0) is 31.2 Å². The van der Waals surface area contributed by atoms with Crippen LogP contribution in [-0.2, 0) is 19.1 Å². The number of ether oxygens (including phenoxy) is 2. The third kappa shape index (κ3) is 5.13. The minimum Gasteiger partial charge on any atom is -0.491 e. The molecule has 3 rings (SSSR count). The van der Waals surface area contributed by atoms with Crippen LogP contribution in [0.5, 0.6) is 5.75 Å². The van der Waals surface area contributed by atoms with E-state index in [0.29, 0.717) is 17.0 Å². The second-order valence-corrected chi connectivity index (χ2v) is 6.49. The Kier molecular flexibility index (Phi) is 6.63. The molecule has 0 saturated heterocycles. The first kappa shape index (κ1) is 20.8. The van der Waals surface area contributed by atoms with E-state index in [1.165, 1.54) is 11.8 Å². The van der Waals surface area contributed by atoms with Gasteiger partial charge in [-0.3, -0.25) is 34.9 Å². The van der Waals surface area contributed by atoms with Crippen LogP contribution in [0.3, 0.4) is 0 Å². The van der Waals surface area contributed by atoms with Crippen molar-refractivity contribution >= 4 is 29.4 Å². The molecular formula is C21H21N3O6. The molecule has 2 aromatic rings. The molecule has 3 amide bonds. The van der Waals surface area contributed by atoms with Crippen LogP contribution in [0.4, 0.5) is 5.69 Å². The van der Waals surface area contributed by atoms with Crippen molar-refractivity contribution in [3.8, 4) is 5.75 Å². The van der Waals surface area contributed by atoms with E-state index in [1.54, 1.807) is 54.6 Å². The van der Waals surface area contributed by atoms with E-state index in [1.807, 2.05) is 0 Å². The fraction of sp³-hybridized carbons (Fsp3) is 0.238. The Morgan fingerprint density at radius 3 is 2.53 bits per heavy atom. The Hall–Kier alpha value is -3.88. The number of anilines is 1. The second kappa shape index (κ2) is 9.55. The fourth-order valence-corrected chi connectivity index (χ4v) is 2.79. The molecule has 0 aliphatic carbocycles. The zero-order valence-electron chi connectivity index (χ0n) is 16.3. The quantitative estimate of drug-likeness (QED) is 0.564. The van der Waals surface area contributed by atoms with Crippen molar-refractivity contribution in [2.75, 3.05) is 18.1 Å². The van der Waals surface area contributed by atoms with Gasteiger partial charge in [-0.1, -0.05) is 30.3 Å². The average Bonchev–Trinajstić information content (AvgIpc) is 2.91. The number of esters is 1. The second-order valence-electron chi connectivity index (χ2n) is 6.49. The Bertz CT molecular complexity index is 947. The Morgan fingerprint density at radius 2 is 1.77 bits per heavy atom. The monoisotopic (exact) mass is 411 g/mol. The van der Waals surface area contributed by atoms with Gasteiger partial charge < -0.3 is 9.47 Å². The smallest absolute Gasteiger partial charge is 0.326 e. The number of rotatable bonds is 5. The zero-order chi connectivity index (χ0) is 21.5. The molecule has 0 saturated carbocycles. The third-order valence-corrected chi connectivity index (χ3v) is 4.33. The molecule has 9 heteroatoms. The highest BCUT2D eigenvalue weighted by Gasteiger charge is 2.27. The lowest BCUT2D eigenvalue weighted by molar-refractivity contribution is -0.154. The summed E-state index contributed by atoms with van der Waals surface area (Å²) >= 11 is 0. The number of benzene rings is 2. The van der Waals surface area contributed by atoms with E-state index in [0.717, 1.165) is 0 Å². The number of hydrazine groups is 1. The Balaban J connectivity index is 1.54. The van der Waals surface area contributed by atoms with Crippen LogP contribution < -0.4 is 20.5 Å². The van der Waals surface area contributed by atoms with Crippen molar-refractivity contribution < 1.29 is 28.7 Å². The lowest BCUT2D eigenvalue weighted by Crippen LogP contribution is -2.47. The summed E-state index contributed by atoms with van der Waals surface area (Å²) in [5, 5.41) is 0. The topological polar surface area (TPSA) is 114 Å². The van der Waals surface area contributed by atoms with Crippen molar-refractivity contribution in [1.29, 1.82) is 0 Å². The summed E-state index contributed by atoms with van der Waals surface area (Å²) in [6, 6.07) is 15.2. The Labute approximate surface area is 172 Å². The summed E-state index contributed by atoms with van der Waals surface area (Å²) in [7, 11) is 0. The van der Waals surface area contributed by atoms with Gasteiger partial charge in [0.1, 0.15) is 12.3 Å². The van der Waals surface area contributed by atoms with E-state index in [2.05, 4.69) is 10.9 Å². The molecule has 0 fully saturated rings. The van der Waals surface area contributed by atoms with E-state index in [9.17, 15) is 19.2 Å². The average molecular weight is 411 g/mol. The highest BCUT2D eigenvalue weighted by atomic mass is 16.5. The number of nitrogens with one attached hydrogen (secondary N) is 2. The van der Waals surface area contributed by atoms with Gasteiger partial charge in [-0.2, -0.15) is 0 Å². The minimum absolute atomic E-state index is 0.115. The number of fused-ring (bicyclic) bond motifs is 1. The normalized spacial score (nSPS) is 13.9. The molecule has 156 valence electrons. The molecule has 1 aliphatic rings. The maximum absolute atomic E-state index is 12.4. The van der Waals surface area contributed by atoms with Gasteiger partial charge in [0.25, 0.3) is 11.8 Å². The highest BCUT2D eigenvalue weighted by molar-refractivity contribution is 6.00. The predicted molar refractivity (Wildman–Crippen MR) is 107 cm³/mol. The molecule has 9 nitrogen and oxygen atoms in total. The summed E-state index contributed by atoms with van der Waals surface area (Å²) in [6.45, 7) is 1.21. The molecule has 1 heterocycles. The number of carbonyl (C=O) groups is 4. The van der Waals surface area contributed by atoms with E-state index >= 15 is 0 Å². The van der Waals surface area contributed by atoms with E-state index < -0.39 is 23.9 Å². The highest BCUT2D eigenvalue weighted by Crippen LogP contribution is 2.30. The standard InChI is InChI=1S/C21H21N3O6/c1-14(20(27)22-23-21(28)15-7-3-2-4-8-15)30-19(26)13-24-16-9-5-6-10-17(16)29-12-11-18(24)25/h2-10,14H,11-13H2,1H3,(H,22,27)(H,23,28)/t14-/m1/s1. The molecule has 2 aromatic carbocycles. The number of hydrogen-bond donors (Lipinski definition) is 2. The molecule has 0 aromatic heterocycles.